The van der Waals surface area contributed by atoms with Gasteiger partial charge in [0.25, 0.3) is 0 Å². The number of rotatable bonds is 1. The van der Waals surface area contributed by atoms with Gasteiger partial charge in [0.05, 0.1) is 0 Å². The van der Waals surface area contributed by atoms with Crippen molar-refractivity contribution in [1.29, 1.82) is 0 Å². The molecule has 0 aliphatic rings. The lowest BCUT2D eigenvalue weighted by Crippen LogP contribution is -2.34. The first kappa shape index (κ1) is 8.62. The van der Waals surface area contributed by atoms with Gasteiger partial charge in [0.2, 0.25) is 0 Å². The molecule has 2 nitrogen and oxygen atoms in total. The van der Waals surface area contributed by atoms with Crippen molar-refractivity contribution in [2.45, 2.75) is 5.38 Å². The van der Waals surface area contributed by atoms with Gasteiger partial charge in [-0.15, -0.1) is 0 Å². The van der Waals surface area contributed by atoms with Gasteiger partial charge in [0, 0.05) is 14.1 Å². The molecule has 9 heavy (non-hydrogen) atoms. The van der Waals surface area contributed by atoms with E-state index in [2.05, 4.69) is 11.6 Å². The smallest absolute Gasteiger partial charge is 0.342 e. The van der Waals surface area contributed by atoms with Gasteiger partial charge in [-0.1, -0.05) is 0 Å². The molecular formula is C4H6ClF2NO. The minimum atomic E-state index is -3.76. The van der Waals surface area contributed by atoms with Gasteiger partial charge in [0.1, 0.15) is 0 Å². The van der Waals surface area contributed by atoms with E-state index in [9.17, 15) is 13.6 Å². The van der Waals surface area contributed by atoms with Crippen LogP contribution in [0, 0.1) is 0 Å². The Balaban J connectivity index is 4.06. The largest absolute Gasteiger partial charge is 0.399 e. The van der Waals surface area contributed by atoms with E-state index in [0.29, 0.717) is 0 Å². The lowest BCUT2D eigenvalue weighted by Gasteiger charge is -2.12. The van der Waals surface area contributed by atoms with Crippen molar-refractivity contribution in [3.63, 3.8) is 0 Å². The van der Waals surface area contributed by atoms with Crippen LogP contribution in [-0.2, 0) is 4.79 Å². The van der Waals surface area contributed by atoms with Crippen molar-refractivity contribution in [3.8, 4) is 0 Å². The molecule has 0 heterocycles. The number of alkyl halides is 3. The Morgan fingerprint density at radius 2 is 1.89 bits per heavy atom. The molecule has 0 aliphatic heterocycles. The van der Waals surface area contributed by atoms with Crippen LogP contribution in [0.3, 0.4) is 0 Å². The first-order chi connectivity index (χ1) is 3.85. The molecule has 0 aliphatic carbocycles. The number of hydrogen-bond acceptors (Lipinski definition) is 1. The summed E-state index contributed by atoms with van der Waals surface area (Å²) < 4.78 is 23.5. The van der Waals surface area contributed by atoms with E-state index >= 15 is 0 Å². The molecule has 5 heteroatoms. The number of halogens is 3. The lowest BCUT2D eigenvalue weighted by molar-refractivity contribution is -0.144. The summed E-state index contributed by atoms with van der Waals surface area (Å²) in [6.45, 7) is 0. The highest BCUT2D eigenvalue weighted by molar-refractivity contribution is 6.32. The van der Waals surface area contributed by atoms with E-state index < -0.39 is 11.3 Å². The van der Waals surface area contributed by atoms with E-state index in [4.69, 9.17) is 0 Å². The van der Waals surface area contributed by atoms with Crippen LogP contribution in [0.15, 0.2) is 0 Å². The molecule has 0 unspecified atom stereocenters. The summed E-state index contributed by atoms with van der Waals surface area (Å²) in [6.07, 6.45) is 0. The zero-order valence-electron chi connectivity index (χ0n) is 4.99. The third kappa shape index (κ3) is 2.60. The molecule has 0 radical (unpaired) electrons. The van der Waals surface area contributed by atoms with Crippen LogP contribution < -0.4 is 0 Å². The Bertz CT molecular complexity index is 120. The van der Waals surface area contributed by atoms with Gasteiger partial charge in [0.15, 0.2) is 0 Å². The molecule has 0 saturated carbocycles. The Labute approximate surface area is 56.4 Å². The summed E-state index contributed by atoms with van der Waals surface area (Å²) in [5, 5.41) is -3.76. The summed E-state index contributed by atoms with van der Waals surface area (Å²) in [5.41, 5.74) is 0. The van der Waals surface area contributed by atoms with E-state index in [0.717, 1.165) is 4.90 Å². The predicted octanol–water partition coefficient (Wildman–Crippen LogP) is 0.906. The fraction of sp³-hybridized carbons (Fsp3) is 0.750. The summed E-state index contributed by atoms with van der Waals surface area (Å²) >= 11 is 4.35. The second kappa shape index (κ2) is 2.47. The number of hydrogen-bond donors (Lipinski definition) is 0. The van der Waals surface area contributed by atoms with Crippen molar-refractivity contribution in [2.75, 3.05) is 14.1 Å². The maximum atomic E-state index is 11.7. The topological polar surface area (TPSA) is 20.3 Å². The molecule has 54 valence electrons. The number of carbonyl (C=O) groups excluding carboxylic acids is 1. The maximum absolute atomic E-state index is 11.7. The van der Waals surface area contributed by atoms with Crippen LogP contribution in [0.5, 0.6) is 0 Å². The fourth-order valence-electron chi connectivity index (χ4n) is 0.254. The zero-order valence-corrected chi connectivity index (χ0v) is 5.75. The number of nitrogens with zero attached hydrogens (tertiary/aromatic N) is 1. The predicted molar refractivity (Wildman–Crippen MR) is 29.5 cm³/mol. The molecule has 0 N–H and O–H groups in total. The van der Waals surface area contributed by atoms with Crippen LogP contribution in [0.1, 0.15) is 0 Å². The van der Waals surface area contributed by atoms with E-state index in [1.807, 2.05) is 0 Å². The minimum absolute atomic E-state index is 0.729. The fourth-order valence-corrected chi connectivity index (χ4v) is 0.423. The van der Waals surface area contributed by atoms with Crippen LogP contribution in [-0.4, -0.2) is 30.3 Å². The second-order valence-electron chi connectivity index (χ2n) is 1.70. The van der Waals surface area contributed by atoms with Crippen LogP contribution in [0.2, 0.25) is 0 Å². The Morgan fingerprint density at radius 3 is 1.89 bits per heavy atom. The van der Waals surface area contributed by atoms with Crippen molar-refractivity contribution in [3.05, 3.63) is 0 Å². The highest BCUT2D eigenvalue weighted by Crippen LogP contribution is 2.20. The summed E-state index contributed by atoms with van der Waals surface area (Å²) in [6, 6.07) is 0. The highest BCUT2D eigenvalue weighted by atomic mass is 35.5. The highest BCUT2D eigenvalue weighted by Gasteiger charge is 2.36. The second-order valence-corrected chi connectivity index (χ2v) is 2.17. The Hall–Kier alpha value is -0.380. The van der Waals surface area contributed by atoms with Gasteiger partial charge in [-0.25, -0.2) is 0 Å². The molecule has 0 fully saturated rings. The third-order valence-electron chi connectivity index (χ3n) is 0.649. The quantitative estimate of drug-likeness (QED) is 0.518. The van der Waals surface area contributed by atoms with Gasteiger partial charge in [-0.3, -0.25) is 4.79 Å². The van der Waals surface area contributed by atoms with Gasteiger partial charge >= 0.3 is 11.3 Å². The van der Waals surface area contributed by atoms with Crippen molar-refractivity contribution < 1.29 is 13.6 Å². The molecule has 0 atom stereocenters. The zero-order chi connectivity index (χ0) is 7.65. The first-order valence-electron chi connectivity index (χ1n) is 2.14. The average Bonchev–Trinajstić information content (AvgIpc) is 1.62. The molecule has 0 aromatic carbocycles. The molecule has 0 spiro atoms. The maximum Gasteiger partial charge on any atom is 0.399 e. The monoisotopic (exact) mass is 157 g/mol. The van der Waals surface area contributed by atoms with Crippen molar-refractivity contribution in [2.24, 2.45) is 0 Å². The van der Waals surface area contributed by atoms with Crippen molar-refractivity contribution in [1.82, 2.24) is 4.90 Å². The van der Waals surface area contributed by atoms with Gasteiger partial charge in [-0.05, 0) is 11.6 Å². The normalized spacial score (nSPS) is 11.2. The number of carbonyl (C=O) groups is 1. The van der Waals surface area contributed by atoms with Crippen LogP contribution in [0.4, 0.5) is 8.78 Å². The Morgan fingerprint density at radius 1 is 1.56 bits per heavy atom. The van der Waals surface area contributed by atoms with E-state index in [1.54, 1.807) is 0 Å². The van der Waals surface area contributed by atoms with E-state index in [1.165, 1.54) is 14.1 Å². The summed E-state index contributed by atoms with van der Waals surface area (Å²) in [4.78, 5) is 10.9. The third-order valence-corrected chi connectivity index (χ3v) is 0.810. The molecular weight excluding hydrogens is 151 g/mol. The van der Waals surface area contributed by atoms with Gasteiger partial charge in [-0.2, -0.15) is 8.78 Å². The van der Waals surface area contributed by atoms with Gasteiger partial charge < -0.3 is 4.90 Å². The molecule has 1 amide bonds. The van der Waals surface area contributed by atoms with Crippen LogP contribution >= 0.6 is 11.6 Å². The lowest BCUT2D eigenvalue weighted by atomic mass is 10.6. The Kier molecular flexibility index (Phi) is 2.37. The first-order valence-corrected chi connectivity index (χ1v) is 2.52. The minimum Gasteiger partial charge on any atom is -0.342 e. The number of amides is 1. The average molecular weight is 158 g/mol. The summed E-state index contributed by atoms with van der Waals surface area (Å²) in [7, 11) is 2.41. The van der Waals surface area contributed by atoms with Crippen molar-refractivity contribution >= 4 is 17.5 Å². The molecule has 0 bridgehead atoms. The molecule has 0 aromatic rings. The standard InChI is InChI=1S/C4H6ClF2NO/c1-8(2)3(9)4(5,6)7/h1-2H3. The van der Waals surface area contributed by atoms with Crippen LogP contribution in [0.25, 0.3) is 0 Å². The SMILES string of the molecule is CN(C)C(=O)C(F)(F)Cl. The van der Waals surface area contributed by atoms with E-state index in [-0.39, 0.29) is 0 Å². The molecule has 0 aromatic heterocycles. The summed E-state index contributed by atoms with van der Waals surface area (Å²) in [5.74, 6) is -1.40. The molecule has 0 saturated heterocycles. The molecule has 0 rings (SSSR count).